The van der Waals surface area contributed by atoms with E-state index in [1.807, 2.05) is 0 Å². The van der Waals surface area contributed by atoms with E-state index in [-0.39, 0.29) is 10.8 Å². The predicted molar refractivity (Wildman–Crippen MR) is 94.0 cm³/mol. The Bertz CT molecular complexity index is 597. The van der Waals surface area contributed by atoms with Crippen LogP contribution in [0, 0.1) is 5.41 Å². The molecule has 1 aromatic heterocycles. The van der Waals surface area contributed by atoms with Gasteiger partial charge in [-0.05, 0) is 44.2 Å². The molecule has 0 amide bonds. The lowest BCUT2D eigenvalue weighted by molar-refractivity contribution is 0.226. The van der Waals surface area contributed by atoms with E-state index in [9.17, 15) is 0 Å². The Kier molecular flexibility index (Phi) is 3.92. The third kappa shape index (κ3) is 2.42. The minimum absolute atomic E-state index is 0.186. The van der Waals surface area contributed by atoms with Crippen LogP contribution in [-0.4, -0.2) is 45.5 Å². The quantitative estimate of drug-likeness (QED) is 0.788. The predicted octanol–water partition coefficient (Wildman–Crippen LogP) is 3.62. The molecule has 1 aliphatic heterocycles. The van der Waals surface area contributed by atoms with Crippen molar-refractivity contribution >= 4 is 11.8 Å². The summed E-state index contributed by atoms with van der Waals surface area (Å²) in [6.45, 7) is 10.8. The molecule has 4 nitrogen and oxygen atoms in total. The molecule has 5 heteroatoms. The van der Waals surface area contributed by atoms with Crippen molar-refractivity contribution in [1.29, 1.82) is 0 Å². The van der Waals surface area contributed by atoms with E-state index in [1.165, 1.54) is 56.6 Å². The lowest BCUT2D eigenvalue weighted by Gasteiger charge is -2.34. The molecule has 2 fully saturated rings. The van der Waals surface area contributed by atoms with E-state index < -0.39 is 0 Å². The topological polar surface area (TPSA) is 41.9 Å². The van der Waals surface area contributed by atoms with Gasteiger partial charge in [0.25, 0.3) is 0 Å². The summed E-state index contributed by atoms with van der Waals surface area (Å²) in [6.07, 6.45) is 6.60. The zero-order valence-corrected chi connectivity index (χ0v) is 15.5. The molecule has 0 N–H and O–H groups in total. The van der Waals surface area contributed by atoms with Crippen molar-refractivity contribution in [3.8, 4) is 0 Å². The van der Waals surface area contributed by atoms with E-state index >= 15 is 0 Å². The van der Waals surface area contributed by atoms with E-state index in [0.717, 1.165) is 17.5 Å². The monoisotopic (exact) mass is 332 g/mol. The highest BCUT2D eigenvalue weighted by Gasteiger charge is 2.61. The molecule has 0 aromatic carbocycles. The summed E-state index contributed by atoms with van der Waals surface area (Å²) in [4.78, 5) is 7.53. The number of rotatable bonds is 4. The van der Waals surface area contributed by atoms with Gasteiger partial charge < -0.3 is 4.90 Å². The Morgan fingerprint density at radius 2 is 1.91 bits per heavy atom. The van der Waals surface area contributed by atoms with Crippen LogP contribution in [0.3, 0.4) is 0 Å². The van der Waals surface area contributed by atoms with Crippen LogP contribution in [0.2, 0.25) is 0 Å². The van der Waals surface area contributed by atoms with Crippen molar-refractivity contribution < 1.29 is 0 Å². The molecule has 1 aromatic rings. The zero-order chi connectivity index (χ0) is 16.1. The van der Waals surface area contributed by atoms with Crippen LogP contribution in [-0.2, 0) is 5.41 Å². The number of hydrogen-bond acceptors (Lipinski definition) is 5. The third-order valence-corrected chi connectivity index (χ3v) is 7.68. The normalized spacial score (nSPS) is 32.2. The van der Waals surface area contributed by atoms with Crippen molar-refractivity contribution in [1.82, 2.24) is 20.1 Å². The smallest absolute Gasteiger partial charge is 0.209 e. The largest absolute Gasteiger partial charge is 0.303 e. The fraction of sp³-hybridized carbons (Fsp3) is 0.833. The Labute approximate surface area is 143 Å². The maximum Gasteiger partial charge on any atom is 0.209 e. The molecule has 126 valence electrons. The number of likely N-dealkylation sites (tertiary alicyclic amines) is 1. The van der Waals surface area contributed by atoms with Crippen molar-refractivity contribution in [3.63, 3.8) is 0 Å². The van der Waals surface area contributed by atoms with Gasteiger partial charge in [0.1, 0.15) is 0 Å². The fourth-order valence-electron chi connectivity index (χ4n) is 4.87. The van der Waals surface area contributed by atoms with Crippen LogP contribution in [0.4, 0.5) is 0 Å². The minimum Gasteiger partial charge on any atom is -0.303 e. The molecule has 0 radical (unpaired) electrons. The van der Waals surface area contributed by atoms with Crippen LogP contribution in [0.25, 0.3) is 0 Å². The van der Waals surface area contributed by atoms with Gasteiger partial charge in [0.15, 0.2) is 0 Å². The van der Waals surface area contributed by atoms with Gasteiger partial charge in [0.2, 0.25) is 5.16 Å². The highest BCUT2D eigenvalue weighted by Crippen LogP contribution is 2.66. The fourth-order valence-corrected chi connectivity index (χ4v) is 5.66. The van der Waals surface area contributed by atoms with E-state index in [4.69, 9.17) is 4.98 Å². The van der Waals surface area contributed by atoms with Gasteiger partial charge in [-0.15, -0.1) is 5.10 Å². The molecule has 23 heavy (non-hydrogen) atoms. The van der Waals surface area contributed by atoms with Crippen molar-refractivity contribution in [3.05, 3.63) is 11.4 Å². The first kappa shape index (κ1) is 15.8. The van der Waals surface area contributed by atoms with Crippen LogP contribution in [0.15, 0.2) is 5.16 Å². The molecule has 4 rings (SSSR count). The van der Waals surface area contributed by atoms with E-state index in [0.29, 0.717) is 5.92 Å². The van der Waals surface area contributed by atoms with Gasteiger partial charge in [0, 0.05) is 23.6 Å². The number of thioether (sulfide) groups is 1. The highest BCUT2D eigenvalue weighted by molar-refractivity contribution is 7.99. The molecule has 2 bridgehead atoms. The van der Waals surface area contributed by atoms with Gasteiger partial charge in [-0.25, -0.2) is 4.98 Å². The van der Waals surface area contributed by atoms with Crippen LogP contribution in [0.1, 0.15) is 70.2 Å². The van der Waals surface area contributed by atoms with Gasteiger partial charge in [-0.3, -0.25) is 0 Å². The summed E-state index contributed by atoms with van der Waals surface area (Å²) in [5, 5.41) is 9.91. The standard InChI is InChI=1S/C18H28N4S/c1-17(2)13-7-8-18(17,3)15-14(13)20-21-16(19-15)23-12-11-22-9-5-4-6-10-22/h13H,4-12H2,1-3H3/t13-,18+/m0/s1. The second kappa shape index (κ2) is 5.69. The van der Waals surface area contributed by atoms with Crippen LogP contribution in [0.5, 0.6) is 0 Å². The summed E-state index contributed by atoms with van der Waals surface area (Å²) in [5.74, 6) is 1.62. The zero-order valence-electron chi connectivity index (χ0n) is 14.6. The second-order valence-corrected chi connectivity index (χ2v) is 9.29. The molecule has 2 atom stereocenters. The van der Waals surface area contributed by atoms with Crippen LogP contribution >= 0.6 is 11.8 Å². The average molecular weight is 333 g/mol. The van der Waals surface area contributed by atoms with E-state index in [1.54, 1.807) is 11.8 Å². The Hall–Kier alpha value is -0.680. The molecular weight excluding hydrogens is 304 g/mol. The number of fused-ring (bicyclic) bond motifs is 5. The van der Waals surface area contributed by atoms with Crippen molar-refractivity contribution in [2.24, 2.45) is 5.41 Å². The second-order valence-electron chi connectivity index (χ2n) is 8.22. The highest BCUT2D eigenvalue weighted by atomic mass is 32.2. The third-order valence-electron chi connectivity index (χ3n) is 6.86. The molecule has 1 saturated carbocycles. The van der Waals surface area contributed by atoms with Gasteiger partial charge in [-0.1, -0.05) is 39.0 Å². The van der Waals surface area contributed by atoms with Crippen LogP contribution < -0.4 is 0 Å². The minimum atomic E-state index is 0.186. The lowest BCUT2D eigenvalue weighted by Crippen LogP contribution is -2.32. The maximum atomic E-state index is 4.96. The number of nitrogens with zero attached hydrogens (tertiary/aromatic N) is 4. The SMILES string of the molecule is CC1(C)[C@H]2CC[C@]1(C)c1nc(SCCN3CCCCC3)nnc12. The summed E-state index contributed by atoms with van der Waals surface area (Å²) < 4.78 is 0. The maximum absolute atomic E-state index is 4.96. The first-order valence-corrected chi connectivity index (χ1v) is 10.1. The summed E-state index contributed by atoms with van der Waals surface area (Å²) >= 11 is 1.78. The summed E-state index contributed by atoms with van der Waals surface area (Å²) in [6, 6.07) is 0. The van der Waals surface area contributed by atoms with Gasteiger partial charge >= 0.3 is 0 Å². The molecule has 2 heterocycles. The summed E-state index contributed by atoms with van der Waals surface area (Å²) in [5.41, 5.74) is 2.89. The molecular formula is C18H28N4S. The first-order chi connectivity index (χ1) is 11.0. The summed E-state index contributed by atoms with van der Waals surface area (Å²) in [7, 11) is 0. The average Bonchev–Trinajstić information content (AvgIpc) is 2.88. The molecule has 3 aliphatic rings. The number of aromatic nitrogens is 3. The molecule has 2 aliphatic carbocycles. The molecule has 0 spiro atoms. The number of hydrogen-bond donors (Lipinski definition) is 0. The Morgan fingerprint density at radius 3 is 2.70 bits per heavy atom. The first-order valence-electron chi connectivity index (χ1n) is 9.13. The Balaban J connectivity index is 1.45. The van der Waals surface area contributed by atoms with Gasteiger partial charge in [-0.2, -0.15) is 5.10 Å². The van der Waals surface area contributed by atoms with Crippen molar-refractivity contribution in [2.75, 3.05) is 25.4 Å². The Morgan fingerprint density at radius 1 is 1.13 bits per heavy atom. The lowest BCUT2D eigenvalue weighted by atomic mass is 9.70. The number of piperidine rings is 1. The van der Waals surface area contributed by atoms with E-state index in [2.05, 4.69) is 35.9 Å². The van der Waals surface area contributed by atoms with Gasteiger partial charge in [0.05, 0.1) is 11.4 Å². The molecule has 1 saturated heterocycles. The van der Waals surface area contributed by atoms with Crippen molar-refractivity contribution in [2.45, 2.75) is 69.4 Å². The molecule has 0 unspecified atom stereocenters.